The van der Waals surface area contributed by atoms with Crippen molar-refractivity contribution in [1.29, 1.82) is 0 Å². The summed E-state index contributed by atoms with van der Waals surface area (Å²) in [5, 5.41) is 2.86. The largest absolute Gasteiger partial charge is 0.349 e. The summed E-state index contributed by atoms with van der Waals surface area (Å²) >= 11 is 0. The molecule has 0 fully saturated rings. The molecule has 0 aliphatic heterocycles. The fraction of sp³-hybridized carbons (Fsp3) is 0.316. The number of urea groups is 1. The maximum atomic E-state index is 12.8. The minimum absolute atomic E-state index is 0.147. The molecule has 2 amide bonds. The molecule has 0 atom stereocenters. The van der Waals surface area contributed by atoms with Crippen molar-refractivity contribution in [3.8, 4) is 0 Å². The summed E-state index contributed by atoms with van der Waals surface area (Å²) in [6, 6.07) is 14.8. The van der Waals surface area contributed by atoms with Crippen LogP contribution in [0.5, 0.6) is 0 Å². The second-order valence-electron chi connectivity index (χ2n) is 6.03. The van der Waals surface area contributed by atoms with Crippen LogP contribution in [0.2, 0.25) is 0 Å². The van der Waals surface area contributed by atoms with Crippen LogP contribution in [0.4, 0.5) is 10.5 Å². The zero-order valence-electron chi connectivity index (χ0n) is 15.6. The Bertz CT molecular complexity index is 787. The van der Waals surface area contributed by atoms with Gasteiger partial charge < -0.3 is 19.3 Å². The number of anilines is 1. The summed E-state index contributed by atoms with van der Waals surface area (Å²) in [4.78, 5) is 14.2. The number of carbonyl (C=O) groups excluding carboxylic acids is 1. The van der Waals surface area contributed by atoms with Gasteiger partial charge in [-0.15, -0.1) is 0 Å². The molecule has 1 N–H and O–H groups in total. The molecule has 7 heteroatoms. The van der Waals surface area contributed by atoms with Crippen LogP contribution in [0.25, 0.3) is 0 Å². The van der Waals surface area contributed by atoms with Crippen molar-refractivity contribution >= 4 is 19.3 Å². The molecule has 0 spiro atoms. The Kier molecular flexibility index (Phi) is 6.98. The SMILES string of the molecule is COP(=O)(CN(Cc1ccccc1)C(=O)Nc1ccc(C)c(C)c1)OC. The van der Waals surface area contributed by atoms with Crippen molar-refractivity contribution in [3.05, 3.63) is 65.2 Å². The number of benzene rings is 2. The van der Waals surface area contributed by atoms with Crippen LogP contribution >= 0.6 is 7.60 Å². The van der Waals surface area contributed by atoms with Crippen molar-refractivity contribution in [3.63, 3.8) is 0 Å². The summed E-state index contributed by atoms with van der Waals surface area (Å²) in [7, 11) is -0.762. The standard InChI is InChI=1S/C19H25N2O4P/c1-15-10-11-18(12-16(15)2)20-19(22)21(14-26(23,24-3)25-4)13-17-8-6-5-7-9-17/h5-12H,13-14H2,1-4H3,(H,20,22). The number of hydrogen-bond acceptors (Lipinski definition) is 4. The molecule has 0 radical (unpaired) electrons. The number of hydrogen-bond donors (Lipinski definition) is 1. The van der Waals surface area contributed by atoms with Crippen LogP contribution in [0.3, 0.4) is 0 Å². The van der Waals surface area contributed by atoms with Gasteiger partial charge in [-0.2, -0.15) is 0 Å². The second-order valence-corrected chi connectivity index (χ2v) is 8.27. The zero-order valence-corrected chi connectivity index (χ0v) is 16.5. The van der Waals surface area contributed by atoms with E-state index < -0.39 is 7.60 Å². The average Bonchev–Trinajstić information content (AvgIpc) is 2.65. The molecule has 0 unspecified atom stereocenters. The smallest absolute Gasteiger partial charge is 0.311 e. The van der Waals surface area contributed by atoms with Crippen LogP contribution in [0.15, 0.2) is 48.5 Å². The topological polar surface area (TPSA) is 67.9 Å². The molecule has 140 valence electrons. The van der Waals surface area contributed by atoms with Crippen molar-refractivity contribution in [2.75, 3.05) is 25.8 Å². The van der Waals surface area contributed by atoms with Crippen molar-refractivity contribution < 1.29 is 18.4 Å². The van der Waals surface area contributed by atoms with Crippen LogP contribution in [-0.2, 0) is 20.2 Å². The molecule has 6 nitrogen and oxygen atoms in total. The van der Waals surface area contributed by atoms with E-state index in [2.05, 4.69) is 5.32 Å². The van der Waals surface area contributed by atoms with Gasteiger partial charge in [-0.1, -0.05) is 36.4 Å². The second kappa shape index (κ2) is 8.99. The van der Waals surface area contributed by atoms with Crippen molar-refractivity contribution in [2.24, 2.45) is 0 Å². The Morgan fingerprint density at radius 2 is 1.69 bits per heavy atom. The Labute approximate surface area is 154 Å². The summed E-state index contributed by atoms with van der Waals surface area (Å²) in [5.41, 5.74) is 3.83. The van der Waals surface area contributed by atoms with E-state index >= 15 is 0 Å². The van der Waals surface area contributed by atoms with Gasteiger partial charge in [0, 0.05) is 26.5 Å². The molecule has 0 aliphatic rings. The fourth-order valence-electron chi connectivity index (χ4n) is 2.41. The van der Waals surface area contributed by atoms with Gasteiger partial charge in [0.05, 0.1) is 0 Å². The van der Waals surface area contributed by atoms with Gasteiger partial charge >= 0.3 is 13.6 Å². The molecule has 0 bridgehead atoms. The summed E-state index contributed by atoms with van der Waals surface area (Å²) in [6.45, 7) is 4.28. The van der Waals surface area contributed by atoms with E-state index in [0.29, 0.717) is 5.69 Å². The molecule has 2 aromatic carbocycles. The van der Waals surface area contributed by atoms with E-state index in [1.54, 1.807) is 0 Å². The number of rotatable bonds is 7. The van der Waals surface area contributed by atoms with E-state index in [1.165, 1.54) is 19.1 Å². The molecular formula is C19H25N2O4P. The third-order valence-corrected chi connectivity index (χ3v) is 5.96. The van der Waals surface area contributed by atoms with E-state index in [0.717, 1.165) is 16.7 Å². The number of nitrogens with one attached hydrogen (secondary N) is 1. The van der Waals surface area contributed by atoms with Crippen LogP contribution in [0, 0.1) is 13.8 Å². The van der Waals surface area contributed by atoms with Gasteiger partial charge in [0.15, 0.2) is 0 Å². The lowest BCUT2D eigenvalue weighted by Gasteiger charge is -2.26. The minimum atomic E-state index is -3.39. The van der Waals surface area contributed by atoms with E-state index in [4.69, 9.17) is 9.05 Å². The van der Waals surface area contributed by atoms with Crippen LogP contribution in [-0.4, -0.2) is 31.4 Å². The highest BCUT2D eigenvalue weighted by molar-refractivity contribution is 7.53. The zero-order chi connectivity index (χ0) is 19.2. The molecule has 26 heavy (non-hydrogen) atoms. The highest BCUT2D eigenvalue weighted by Gasteiger charge is 2.28. The molecule has 0 saturated carbocycles. The van der Waals surface area contributed by atoms with Gasteiger partial charge in [0.1, 0.15) is 6.29 Å². The molecule has 0 aromatic heterocycles. The lowest BCUT2D eigenvalue weighted by molar-refractivity contribution is 0.205. The summed E-state index contributed by atoms with van der Waals surface area (Å²) in [5.74, 6) is 0. The normalized spacial score (nSPS) is 11.2. The van der Waals surface area contributed by atoms with E-state index in [1.807, 2.05) is 62.4 Å². The first-order valence-corrected chi connectivity index (χ1v) is 9.97. The predicted octanol–water partition coefficient (Wildman–Crippen LogP) is 4.78. The Hall–Kier alpha value is -2.14. The minimum Gasteiger partial charge on any atom is -0.311 e. The Morgan fingerprint density at radius 3 is 2.27 bits per heavy atom. The highest BCUT2D eigenvalue weighted by Crippen LogP contribution is 2.47. The van der Waals surface area contributed by atoms with E-state index in [9.17, 15) is 9.36 Å². The molecule has 0 saturated heterocycles. The van der Waals surface area contributed by atoms with E-state index in [-0.39, 0.29) is 18.9 Å². The number of carbonyl (C=O) groups is 1. The maximum Gasteiger partial charge on any atom is 0.349 e. The van der Waals surface area contributed by atoms with Crippen molar-refractivity contribution in [2.45, 2.75) is 20.4 Å². The maximum absolute atomic E-state index is 12.8. The van der Waals surface area contributed by atoms with Gasteiger partial charge in [-0.05, 0) is 42.7 Å². The molecule has 2 aromatic rings. The first-order valence-electron chi connectivity index (χ1n) is 8.24. The van der Waals surface area contributed by atoms with Crippen molar-refractivity contribution in [1.82, 2.24) is 4.90 Å². The first-order chi connectivity index (χ1) is 12.4. The first kappa shape index (κ1) is 20.2. The molecule has 2 rings (SSSR count). The lowest BCUT2D eigenvalue weighted by atomic mass is 10.1. The van der Waals surface area contributed by atoms with Gasteiger partial charge in [-0.3, -0.25) is 4.57 Å². The summed E-state index contributed by atoms with van der Waals surface area (Å²) in [6.07, 6.45) is -0.147. The lowest BCUT2D eigenvalue weighted by Crippen LogP contribution is -2.35. The number of aryl methyl sites for hydroxylation is 2. The highest BCUT2D eigenvalue weighted by atomic mass is 31.2. The average molecular weight is 376 g/mol. The third-order valence-electron chi connectivity index (χ3n) is 4.16. The monoisotopic (exact) mass is 376 g/mol. The summed E-state index contributed by atoms with van der Waals surface area (Å²) < 4.78 is 22.5. The molecule has 0 heterocycles. The third kappa shape index (κ3) is 5.43. The quantitative estimate of drug-likeness (QED) is 0.706. The van der Waals surface area contributed by atoms with Gasteiger partial charge in [0.2, 0.25) is 0 Å². The molecule has 0 aliphatic carbocycles. The number of nitrogens with zero attached hydrogens (tertiary/aromatic N) is 1. The van der Waals surface area contributed by atoms with Crippen LogP contribution < -0.4 is 5.32 Å². The fourth-order valence-corrected chi connectivity index (χ4v) is 3.44. The van der Waals surface area contributed by atoms with Gasteiger partial charge in [-0.25, -0.2) is 4.79 Å². The van der Waals surface area contributed by atoms with Crippen LogP contribution in [0.1, 0.15) is 16.7 Å². The van der Waals surface area contributed by atoms with Gasteiger partial charge in [0.25, 0.3) is 0 Å². The molecular weight excluding hydrogens is 351 g/mol. The Balaban J connectivity index is 2.21. The predicted molar refractivity (Wildman–Crippen MR) is 103 cm³/mol. The number of amides is 2. The Morgan fingerprint density at radius 1 is 1.04 bits per heavy atom.